The van der Waals surface area contributed by atoms with Crippen molar-refractivity contribution in [3.63, 3.8) is 0 Å². The molecule has 1 aliphatic heterocycles. The summed E-state index contributed by atoms with van der Waals surface area (Å²) in [6.07, 6.45) is 2.77. The molecule has 1 saturated carbocycles. The van der Waals surface area contributed by atoms with Crippen LogP contribution in [0.1, 0.15) is 24.4 Å². The summed E-state index contributed by atoms with van der Waals surface area (Å²) in [6, 6.07) is 0. The Hall–Kier alpha value is -1.43. The van der Waals surface area contributed by atoms with Crippen LogP contribution in [0.5, 0.6) is 0 Å². The summed E-state index contributed by atoms with van der Waals surface area (Å²) in [5.41, 5.74) is 1.19. The fraction of sp³-hybridized carbons (Fsp3) is 0.733. The number of halogens is 1. The maximum absolute atomic E-state index is 12.9. The van der Waals surface area contributed by atoms with Gasteiger partial charge in [0, 0.05) is 44.7 Å². The van der Waals surface area contributed by atoms with Crippen molar-refractivity contribution < 1.29 is 9.18 Å². The lowest BCUT2D eigenvalue weighted by molar-refractivity contribution is -0.140. The summed E-state index contributed by atoms with van der Waals surface area (Å²) in [5.74, 6) is 1.09. The maximum atomic E-state index is 12.9. The molecule has 0 radical (unpaired) electrons. The lowest BCUT2D eigenvalue weighted by Gasteiger charge is -2.33. The van der Waals surface area contributed by atoms with Gasteiger partial charge >= 0.3 is 0 Å². The van der Waals surface area contributed by atoms with E-state index in [9.17, 15) is 9.18 Å². The van der Waals surface area contributed by atoms with E-state index in [1.807, 2.05) is 25.2 Å². The van der Waals surface area contributed by atoms with Crippen LogP contribution in [0.2, 0.25) is 0 Å². The highest BCUT2D eigenvalue weighted by atomic mass is 19.1. The van der Waals surface area contributed by atoms with Crippen molar-refractivity contribution in [2.45, 2.75) is 38.5 Å². The zero-order chi connectivity index (χ0) is 15.0. The molecule has 1 aliphatic carbocycles. The number of carbonyl (C=O) groups excluding carboxylic acids is 1. The first-order valence-corrected chi connectivity index (χ1v) is 7.65. The van der Waals surface area contributed by atoms with E-state index in [1.54, 1.807) is 0 Å². The molecule has 1 fully saturated rings. The molecule has 0 aromatic carbocycles. The molecule has 0 atom stereocenters. The molecule has 2 aliphatic rings. The summed E-state index contributed by atoms with van der Waals surface area (Å²) >= 11 is 0. The van der Waals surface area contributed by atoms with Gasteiger partial charge in [-0.2, -0.15) is 0 Å². The molecule has 0 unspecified atom stereocenters. The highest BCUT2D eigenvalue weighted by molar-refractivity contribution is 5.79. The summed E-state index contributed by atoms with van der Waals surface area (Å²) in [5, 5.41) is 0. The lowest BCUT2D eigenvalue weighted by atomic mass is 9.82. The van der Waals surface area contributed by atoms with Gasteiger partial charge in [-0.1, -0.05) is 0 Å². The SMILES string of the molecule is CN(C)Cc1cnc2n1CCN(C(=O)C1CC(F)C1)CC2. The molecule has 3 rings (SSSR count). The first-order valence-electron chi connectivity index (χ1n) is 7.65. The largest absolute Gasteiger partial charge is 0.340 e. The molecule has 116 valence electrons. The van der Waals surface area contributed by atoms with E-state index in [1.165, 1.54) is 5.69 Å². The number of amides is 1. The average Bonchev–Trinajstić information content (AvgIpc) is 2.65. The number of rotatable bonds is 3. The van der Waals surface area contributed by atoms with E-state index < -0.39 is 6.17 Å². The maximum Gasteiger partial charge on any atom is 0.225 e. The van der Waals surface area contributed by atoms with Crippen molar-refractivity contribution in [3.8, 4) is 0 Å². The fourth-order valence-corrected chi connectivity index (χ4v) is 3.17. The van der Waals surface area contributed by atoms with Gasteiger partial charge in [-0.3, -0.25) is 4.79 Å². The van der Waals surface area contributed by atoms with Crippen LogP contribution in [0.15, 0.2) is 6.20 Å². The number of aromatic nitrogens is 2. The second kappa shape index (κ2) is 5.75. The molecule has 5 nitrogen and oxygen atoms in total. The van der Waals surface area contributed by atoms with Crippen molar-refractivity contribution >= 4 is 5.91 Å². The first-order chi connectivity index (χ1) is 10.0. The normalized spacial score (nSPS) is 25.4. The van der Waals surface area contributed by atoms with Gasteiger partial charge in [0.1, 0.15) is 12.0 Å². The van der Waals surface area contributed by atoms with Gasteiger partial charge in [0.15, 0.2) is 0 Å². The number of fused-ring (bicyclic) bond motifs is 1. The predicted octanol–water partition coefficient (Wildman–Crippen LogP) is 1.08. The van der Waals surface area contributed by atoms with Crippen molar-refractivity contribution in [1.82, 2.24) is 19.4 Å². The van der Waals surface area contributed by atoms with Crippen molar-refractivity contribution in [3.05, 3.63) is 17.7 Å². The Bertz CT molecular complexity index is 522. The third-order valence-electron chi connectivity index (χ3n) is 4.44. The molecular formula is C15H23FN4O. The smallest absolute Gasteiger partial charge is 0.225 e. The molecule has 2 heterocycles. The van der Waals surface area contributed by atoms with E-state index in [4.69, 9.17) is 0 Å². The summed E-state index contributed by atoms with van der Waals surface area (Å²) in [7, 11) is 4.08. The lowest BCUT2D eigenvalue weighted by Crippen LogP contribution is -2.43. The second-order valence-electron chi connectivity index (χ2n) is 6.40. The van der Waals surface area contributed by atoms with Gasteiger partial charge in [-0.05, 0) is 26.9 Å². The Morgan fingerprint density at radius 3 is 2.81 bits per heavy atom. The molecule has 1 aromatic heterocycles. The number of nitrogens with zero attached hydrogens (tertiary/aromatic N) is 4. The van der Waals surface area contributed by atoms with Crippen LogP contribution in [0.3, 0.4) is 0 Å². The van der Waals surface area contributed by atoms with Crippen LogP contribution in [0, 0.1) is 5.92 Å². The van der Waals surface area contributed by atoms with Crippen LogP contribution in [0.25, 0.3) is 0 Å². The molecule has 6 heteroatoms. The third kappa shape index (κ3) is 2.95. The van der Waals surface area contributed by atoms with Gasteiger partial charge in [0.25, 0.3) is 0 Å². The number of hydrogen-bond donors (Lipinski definition) is 0. The van der Waals surface area contributed by atoms with Crippen molar-refractivity contribution in [2.24, 2.45) is 5.92 Å². The zero-order valence-corrected chi connectivity index (χ0v) is 12.8. The second-order valence-corrected chi connectivity index (χ2v) is 6.40. The Morgan fingerprint density at radius 2 is 2.14 bits per heavy atom. The predicted molar refractivity (Wildman–Crippen MR) is 77.5 cm³/mol. The van der Waals surface area contributed by atoms with E-state index in [-0.39, 0.29) is 11.8 Å². The quantitative estimate of drug-likeness (QED) is 0.837. The van der Waals surface area contributed by atoms with Crippen LogP contribution in [-0.4, -0.2) is 58.6 Å². The molecule has 0 N–H and O–H groups in total. The van der Waals surface area contributed by atoms with Gasteiger partial charge in [0.2, 0.25) is 5.91 Å². The standard InChI is InChI=1S/C15H23FN4O/c1-18(2)10-13-9-17-14-3-4-19(5-6-20(13)14)15(21)11-7-12(16)8-11/h9,11-12H,3-8,10H2,1-2H3. The van der Waals surface area contributed by atoms with Gasteiger partial charge in [-0.25, -0.2) is 9.37 Å². The molecule has 0 bridgehead atoms. The molecule has 1 aromatic rings. The minimum Gasteiger partial charge on any atom is -0.340 e. The zero-order valence-electron chi connectivity index (χ0n) is 12.8. The van der Waals surface area contributed by atoms with E-state index in [0.717, 1.165) is 25.3 Å². The third-order valence-corrected chi connectivity index (χ3v) is 4.44. The van der Waals surface area contributed by atoms with Crippen molar-refractivity contribution in [2.75, 3.05) is 27.2 Å². The van der Waals surface area contributed by atoms with E-state index >= 15 is 0 Å². The van der Waals surface area contributed by atoms with Crippen LogP contribution < -0.4 is 0 Å². The Kier molecular flexibility index (Phi) is 3.97. The summed E-state index contributed by atoms with van der Waals surface area (Å²) in [6.45, 7) is 3.05. The first kappa shape index (κ1) is 14.5. The minimum atomic E-state index is -0.770. The number of imidazole rings is 1. The highest BCUT2D eigenvalue weighted by Crippen LogP contribution is 2.32. The molecule has 0 saturated heterocycles. The molecule has 21 heavy (non-hydrogen) atoms. The summed E-state index contributed by atoms with van der Waals surface area (Å²) in [4.78, 5) is 20.8. The minimum absolute atomic E-state index is 0.0910. The molecule has 0 spiro atoms. The number of hydrogen-bond acceptors (Lipinski definition) is 3. The topological polar surface area (TPSA) is 41.4 Å². The van der Waals surface area contributed by atoms with Gasteiger partial charge in [0.05, 0.1) is 5.69 Å². The van der Waals surface area contributed by atoms with Gasteiger partial charge in [-0.15, -0.1) is 0 Å². The van der Waals surface area contributed by atoms with Crippen molar-refractivity contribution in [1.29, 1.82) is 0 Å². The number of carbonyl (C=O) groups is 1. The number of alkyl halides is 1. The average molecular weight is 294 g/mol. The Balaban J connectivity index is 1.65. The van der Waals surface area contributed by atoms with Gasteiger partial charge < -0.3 is 14.4 Å². The molecular weight excluding hydrogens is 271 g/mol. The Labute approximate surface area is 124 Å². The highest BCUT2D eigenvalue weighted by Gasteiger charge is 2.37. The van der Waals surface area contributed by atoms with Crippen LogP contribution >= 0.6 is 0 Å². The summed E-state index contributed by atoms with van der Waals surface area (Å²) < 4.78 is 15.2. The molecule has 1 amide bonds. The Morgan fingerprint density at radius 1 is 1.38 bits per heavy atom. The van der Waals surface area contributed by atoms with Crippen LogP contribution in [0.4, 0.5) is 4.39 Å². The van der Waals surface area contributed by atoms with Crippen LogP contribution in [-0.2, 0) is 24.3 Å². The fourth-order valence-electron chi connectivity index (χ4n) is 3.17. The monoisotopic (exact) mass is 294 g/mol. The van der Waals surface area contributed by atoms with E-state index in [2.05, 4.69) is 14.5 Å². The van der Waals surface area contributed by atoms with E-state index in [0.29, 0.717) is 25.9 Å².